The SMILES string of the molecule is O=C(Cc1ccccc1[N+](=O)[O-])N/N=C/c1ccc(N2CCCCC2)cc1. The minimum absolute atomic E-state index is 0.0649. The van der Waals surface area contributed by atoms with Crippen LogP contribution in [0.5, 0.6) is 0 Å². The lowest BCUT2D eigenvalue weighted by atomic mass is 10.1. The number of piperidine rings is 1. The number of amides is 1. The van der Waals surface area contributed by atoms with Crippen LogP contribution in [-0.2, 0) is 11.2 Å². The topological polar surface area (TPSA) is 87.8 Å². The van der Waals surface area contributed by atoms with E-state index in [9.17, 15) is 14.9 Å². The van der Waals surface area contributed by atoms with Gasteiger partial charge in [-0.15, -0.1) is 0 Å². The number of carbonyl (C=O) groups is 1. The van der Waals surface area contributed by atoms with E-state index in [0.717, 1.165) is 18.7 Å². The maximum atomic E-state index is 12.0. The highest BCUT2D eigenvalue weighted by molar-refractivity contribution is 5.84. The highest BCUT2D eigenvalue weighted by Crippen LogP contribution is 2.20. The molecule has 0 radical (unpaired) electrons. The summed E-state index contributed by atoms with van der Waals surface area (Å²) in [5, 5.41) is 14.9. The van der Waals surface area contributed by atoms with E-state index in [0.29, 0.717) is 5.56 Å². The number of benzene rings is 2. The van der Waals surface area contributed by atoms with Gasteiger partial charge in [0.25, 0.3) is 5.69 Å². The predicted molar refractivity (Wildman–Crippen MR) is 105 cm³/mol. The zero-order valence-electron chi connectivity index (χ0n) is 15.0. The number of carbonyl (C=O) groups excluding carboxylic acids is 1. The highest BCUT2D eigenvalue weighted by Gasteiger charge is 2.15. The van der Waals surface area contributed by atoms with Crippen LogP contribution >= 0.6 is 0 Å². The zero-order chi connectivity index (χ0) is 19.1. The molecule has 0 spiro atoms. The van der Waals surface area contributed by atoms with Gasteiger partial charge in [0.2, 0.25) is 5.91 Å². The van der Waals surface area contributed by atoms with Gasteiger partial charge in [-0.1, -0.05) is 30.3 Å². The smallest absolute Gasteiger partial charge is 0.273 e. The molecule has 2 aromatic carbocycles. The molecule has 7 heteroatoms. The average Bonchev–Trinajstić information content (AvgIpc) is 2.69. The molecule has 1 aliphatic rings. The molecule has 2 aromatic rings. The van der Waals surface area contributed by atoms with Crippen molar-refractivity contribution in [3.63, 3.8) is 0 Å². The molecule has 0 saturated carbocycles. The summed E-state index contributed by atoms with van der Waals surface area (Å²) in [6.45, 7) is 2.18. The average molecular weight is 366 g/mol. The number of nitro benzene ring substituents is 1. The number of anilines is 1. The molecule has 1 saturated heterocycles. The minimum atomic E-state index is -0.490. The van der Waals surface area contributed by atoms with E-state index in [1.165, 1.54) is 31.0 Å². The van der Waals surface area contributed by atoms with Crippen LogP contribution in [0.3, 0.4) is 0 Å². The summed E-state index contributed by atoms with van der Waals surface area (Å²) in [6, 6.07) is 14.2. The van der Waals surface area contributed by atoms with Crippen molar-refractivity contribution >= 4 is 23.5 Å². The molecular weight excluding hydrogens is 344 g/mol. The molecule has 1 aliphatic heterocycles. The van der Waals surface area contributed by atoms with Crippen LogP contribution in [0.25, 0.3) is 0 Å². The Morgan fingerprint density at radius 3 is 2.52 bits per heavy atom. The number of hydrazone groups is 1. The second-order valence-electron chi connectivity index (χ2n) is 6.50. The van der Waals surface area contributed by atoms with Gasteiger partial charge in [0, 0.05) is 30.4 Å². The number of hydrogen-bond donors (Lipinski definition) is 1. The molecule has 0 atom stereocenters. The molecule has 7 nitrogen and oxygen atoms in total. The van der Waals surface area contributed by atoms with Gasteiger partial charge in [-0.25, -0.2) is 5.43 Å². The molecular formula is C20H22N4O3. The van der Waals surface area contributed by atoms with Crippen LogP contribution in [0.2, 0.25) is 0 Å². The Morgan fingerprint density at radius 1 is 1.11 bits per heavy atom. The van der Waals surface area contributed by atoms with Crippen molar-refractivity contribution in [3.8, 4) is 0 Å². The summed E-state index contributed by atoms with van der Waals surface area (Å²) >= 11 is 0. The van der Waals surface area contributed by atoms with Gasteiger partial charge >= 0.3 is 0 Å². The van der Waals surface area contributed by atoms with Crippen LogP contribution < -0.4 is 10.3 Å². The number of rotatable bonds is 6. The summed E-state index contributed by atoms with van der Waals surface area (Å²) in [4.78, 5) is 24.9. The largest absolute Gasteiger partial charge is 0.372 e. The normalized spacial score (nSPS) is 14.3. The van der Waals surface area contributed by atoms with Crippen LogP contribution in [0, 0.1) is 10.1 Å². The predicted octanol–water partition coefficient (Wildman–Crippen LogP) is 3.28. The molecule has 0 aliphatic carbocycles. The molecule has 1 amide bonds. The number of para-hydroxylation sites is 1. The number of hydrogen-bond acceptors (Lipinski definition) is 5. The summed E-state index contributed by atoms with van der Waals surface area (Å²) < 4.78 is 0. The quantitative estimate of drug-likeness (QED) is 0.483. The van der Waals surface area contributed by atoms with Gasteiger partial charge in [-0.05, 0) is 37.0 Å². The molecule has 0 bridgehead atoms. The van der Waals surface area contributed by atoms with Crippen molar-refractivity contribution in [2.45, 2.75) is 25.7 Å². The van der Waals surface area contributed by atoms with E-state index in [1.807, 2.05) is 12.1 Å². The van der Waals surface area contributed by atoms with Gasteiger partial charge < -0.3 is 4.90 Å². The number of nitro groups is 1. The van der Waals surface area contributed by atoms with Crippen LogP contribution in [0.15, 0.2) is 53.6 Å². The van der Waals surface area contributed by atoms with Crippen molar-refractivity contribution in [2.24, 2.45) is 5.10 Å². The maximum absolute atomic E-state index is 12.0. The third-order valence-corrected chi connectivity index (χ3v) is 4.56. The molecule has 1 fully saturated rings. The first-order valence-electron chi connectivity index (χ1n) is 9.03. The highest BCUT2D eigenvalue weighted by atomic mass is 16.6. The second-order valence-corrected chi connectivity index (χ2v) is 6.50. The van der Waals surface area contributed by atoms with E-state index in [4.69, 9.17) is 0 Å². The lowest BCUT2D eigenvalue weighted by Crippen LogP contribution is -2.29. The van der Waals surface area contributed by atoms with Crippen molar-refractivity contribution in [1.82, 2.24) is 5.43 Å². The van der Waals surface area contributed by atoms with Gasteiger partial charge in [0.1, 0.15) is 0 Å². The third kappa shape index (κ3) is 5.13. The maximum Gasteiger partial charge on any atom is 0.273 e. The first-order valence-corrected chi connectivity index (χ1v) is 9.03. The van der Waals surface area contributed by atoms with Crippen molar-refractivity contribution < 1.29 is 9.72 Å². The molecule has 0 aromatic heterocycles. The van der Waals surface area contributed by atoms with Crippen molar-refractivity contribution in [3.05, 3.63) is 69.8 Å². The Morgan fingerprint density at radius 2 is 1.81 bits per heavy atom. The van der Waals surface area contributed by atoms with Gasteiger partial charge in [-0.2, -0.15) is 5.10 Å². The standard InChI is InChI=1S/C20H22N4O3/c25-20(14-17-6-2-3-7-19(17)24(26)27)22-21-15-16-8-10-18(11-9-16)23-12-4-1-5-13-23/h2-3,6-11,15H,1,4-5,12-14H2,(H,22,25)/b21-15+. The summed E-state index contributed by atoms with van der Waals surface area (Å²) in [6.07, 6.45) is 5.23. The first kappa shape index (κ1) is 18.6. The van der Waals surface area contributed by atoms with Gasteiger partial charge in [0.15, 0.2) is 0 Å². The number of nitrogens with zero attached hydrogens (tertiary/aromatic N) is 3. The van der Waals surface area contributed by atoms with Crippen molar-refractivity contribution in [2.75, 3.05) is 18.0 Å². The fourth-order valence-corrected chi connectivity index (χ4v) is 3.15. The number of nitrogens with one attached hydrogen (secondary N) is 1. The Bertz CT molecular complexity index is 827. The van der Waals surface area contributed by atoms with Crippen molar-refractivity contribution in [1.29, 1.82) is 0 Å². The lowest BCUT2D eigenvalue weighted by Gasteiger charge is -2.28. The fourth-order valence-electron chi connectivity index (χ4n) is 3.15. The summed E-state index contributed by atoms with van der Waals surface area (Å²) in [5.74, 6) is -0.398. The Hall–Kier alpha value is -3.22. The second kappa shape index (κ2) is 8.93. The molecule has 27 heavy (non-hydrogen) atoms. The fraction of sp³-hybridized carbons (Fsp3) is 0.300. The summed E-state index contributed by atoms with van der Waals surface area (Å²) in [5.41, 5.74) is 4.80. The van der Waals surface area contributed by atoms with E-state index >= 15 is 0 Å². The van der Waals surface area contributed by atoms with Gasteiger partial charge in [0.05, 0.1) is 17.6 Å². The van der Waals surface area contributed by atoms with E-state index in [-0.39, 0.29) is 12.1 Å². The van der Waals surface area contributed by atoms with E-state index in [1.54, 1.807) is 24.4 Å². The molecule has 1 N–H and O–H groups in total. The monoisotopic (exact) mass is 366 g/mol. The molecule has 140 valence electrons. The van der Waals surface area contributed by atoms with E-state index in [2.05, 4.69) is 27.6 Å². The first-order chi connectivity index (χ1) is 13.1. The Kier molecular flexibility index (Phi) is 6.14. The lowest BCUT2D eigenvalue weighted by molar-refractivity contribution is -0.385. The Balaban J connectivity index is 1.54. The van der Waals surface area contributed by atoms with Crippen LogP contribution in [0.1, 0.15) is 30.4 Å². The zero-order valence-corrected chi connectivity index (χ0v) is 15.0. The molecule has 3 rings (SSSR count). The van der Waals surface area contributed by atoms with Crippen LogP contribution in [-0.4, -0.2) is 30.1 Å². The van der Waals surface area contributed by atoms with Crippen LogP contribution in [0.4, 0.5) is 11.4 Å². The molecule has 0 unspecified atom stereocenters. The van der Waals surface area contributed by atoms with Gasteiger partial charge in [-0.3, -0.25) is 14.9 Å². The summed E-state index contributed by atoms with van der Waals surface area (Å²) in [7, 11) is 0. The Labute approximate surface area is 157 Å². The third-order valence-electron chi connectivity index (χ3n) is 4.56. The van der Waals surface area contributed by atoms with E-state index < -0.39 is 10.8 Å². The minimum Gasteiger partial charge on any atom is -0.372 e. The molecule has 1 heterocycles.